The third-order valence-corrected chi connectivity index (χ3v) is 5.14. The van der Waals surface area contributed by atoms with Gasteiger partial charge in [0.25, 0.3) is 11.5 Å². The summed E-state index contributed by atoms with van der Waals surface area (Å²) in [6.45, 7) is 3.74. The molecule has 140 valence electrons. The van der Waals surface area contributed by atoms with Crippen molar-refractivity contribution in [3.63, 3.8) is 0 Å². The molecule has 3 aromatic rings. The molecule has 1 aromatic heterocycles. The van der Waals surface area contributed by atoms with E-state index in [1.165, 1.54) is 0 Å². The average molecular weight is 371 g/mol. The van der Waals surface area contributed by atoms with Crippen molar-refractivity contribution in [1.82, 2.24) is 14.9 Å². The Morgan fingerprint density at radius 1 is 1.07 bits per heavy atom. The van der Waals surface area contributed by atoms with E-state index in [2.05, 4.69) is 10.3 Å². The highest BCUT2D eigenvalue weighted by atomic mass is 16.2. The van der Waals surface area contributed by atoms with Crippen LogP contribution in [-0.4, -0.2) is 21.0 Å². The van der Waals surface area contributed by atoms with Crippen LogP contribution in [0.15, 0.2) is 83.7 Å². The molecule has 0 aliphatic heterocycles. The van der Waals surface area contributed by atoms with E-state index in [4.69, 9.17) is 0 Å². The van der Waals surface area contributed by atoms with Crippen LogP contribution < -0.4 is 10.9 Å². The van der Waals surface area contributed by atoms with Gasteiger partial charge in [0.15, 0.2) is 0 Å². The number of hydrogen-bond donors (Lipinski definition) is 1. The van der Waals surface area contributed by atoms with E-state index in [1.807, 2.05) is 74.5 Å². The number of nitrogens with one attached hydrogen (secondary N) is 1. The number of para-hydroxylation sites is 1. The summed E-state index contributed by atoms with van der Waals surface area (Å²) in [5.41, 5.74) is 0.353. The standard InChI is InChI=1S/C23H21N3O2/c1-16-24-19-13-7-6-12-18(19)22(28)26(16)20-14-8-9-15-23(20,2)25-21(27)17-10-4-3-5-11-17/h3-15,20H,1-2H3,(H,25,27). The highest BCUT2D eigenvalue weighted by Crippen LogP contribution is 2.29. The van der Waals surface area contributed by atoms with Crippen molar-refractivity contribution >= 4 is 16.8 Å². The topological polar surface area (TPSA) is 64.0 Å². The minimum atomic E-state index is -0.777. The summed E-state index contributed by atoms with van der Waals surface area (Å²) in [5, 5.41) is 3.66. The quantitative estimate of drug-likeness (QED) is 0.766. The van der Waals surface area contributed by atoms with Gasteiger partial charge in [-0.1, -0.05) is 54.6 Å². The summed E-state index contributed by atoms with van der Waals surface area (Å²) >= 11 is 0. The minimum Gasteiger partial charge on any atom is -0.341 e. The fourth-order valence-corrected chi connectivity index (χ4v) is 3.68. The molecular weight excluding hydrogens is 350 g/mol. The molecule has 1 aliphatic rings. The van der Waals surface area contributed by atoms with Gasteiger partial charge in [-0.05, 0) is 38.1 Å². The van der Waals surface area contributed by atoms with Crippen LogP contribution in [0.4, 0.5) is 0 Å². The number of allylic oxidation sites excluding steroid dienone is 2. The summed E-state index contributed by atoms with van der Waals surface area (Å²) in [6.07, 6.45) is 7.62. The van der Waals surface area contributed by atoms with Gasteiger partial charge in [0.2, 0.25) is 0 Å². The third-order valence-electron chi connectivity index (χ3n) is 5.14. The van der Waals surface area contributed by atoms with E-state index in [-0.39, 0.29) is 11.5 Å². The van der Waals surface area contributed by atoms with Crippen LogP contribution >= 0.6 is 0 Å². The molecule has 0 spiro atoms. The lowest BCUT2D eigenvalue weighted by Gasteiger charge is -2.37. The lowest BCUT2D eigenvalue weighted by Crippen LogP contribution is -2.53. The Morgan fingerprint density at radius 2 is 1.79 bits per heavy atom. The van der Waals surface area contributed by atoms with Crippen LogP contribution in [0.5, 0.6) is 0 Å². The Kier molecular flexibility index (Phi) is 4.43. The number of benzene rings is 2. The van der Waals surface area contributed by atoms with Crippen molar-refractivity contribution in [3.05, 3.63) is 101 Å². The minimum absolute atomic E-state index is 0.117. The predicted octanol–water partition coefficient (Wildman–Crippen LogP) is 3.56. The van der Waals surface area contributed by atoms with Crippen molar-refractivity contribution in [2.24, 2.45) is 0 Å². The number of aromatic nitrogens is 2. The molecule has 2 unspecified atom stereocenters. The van der Waals surface area contributed by atoms with Gasteiger partial charge in [-0.3, -0.25) is 14.2 Å². The zero-order valence-electron chi connectivity index (χ0n) is 15.8. The fourth-order valence-electron chi connectivity index (χ4n) is 3.68. The Balaban J connectivity index is 1.79. The lowest BCUT2D eigenvalue weighted by molar-refractivity contribution is 0.0907. The number of amides is 1. The zero-order valence-corrected chi connectivity index (χ0v) is 15.8. The van der Waals surface area contributed by atoms with E-state index < -0.39 is 11.6 Å². The molecule has 0 bridgehead atoms. The molecular formula is C23H21N3O2. The zero-order chi connectivity index (χ0) is 19.7. The number of fused-ring (bicyclic) bond motifs is 1. The molecule has 1 N–H and O–H groups in total. The van der Waals surface area contributed by atoms with Gasteiger partial charge in [-0.15, -0.1) is 0 Å². The van der Waals surface area contributed by atoms with E-state index in [0.29, 0.717) is 22.3 Å². The molecule has 0 saturated heterocycles. The van der Waals surface area contributed by atoms with Crippen LogP contribution in [-0.2, 0) is 0 Å². The molecule has 0 fully saturated rings. The maximum atomic E-state index is 13.2. The highest BCUT2D eigenvalue weighted by Gasteiger charge is 2.36. The van der Waals surface area contributed by atoms with Gasteiger partial charge in [0.05, 0.1) is 22.5 Å². The second-order valence-corrected chi connectivity index (χ2v) is 7.14. The molecule has 1 heterocycles. The van der Waals surface area contributed by atoms with Crippen molar-refractivity contribution in [2.45, 2.75) is 25.4 Å². The number of carbonyl (C=O) groups excluding carboxylic acids is 1. The smallest absolute Gasteiger partial charge is 0.262 e. The first kappa shape index (κ1) is 17.9. The second-order valence-electron chi connectivity index (χ2n) is 7.14. The number of nitrogens with zero attached hydrogens (tertiary/aromatic N) is 2. The first-order chi connectivity index (χ1) is 13.5. The van der Waals surface area contributed by atoms with E-state index in [0.717, 1.165) is 0 Å². The van der Waals surface area contributed by atoms with Gasteiger partial charge in [-0.2, -0.15) is 0 Å². The highest BCUT2D eigenvalue weighted by molar-refractivity contribution is 5.94. The van der Waals surface area contributed by atoms with Gasteiger partial charge < -0.3 is 5.32 Å². The van der Waals surface area contributed by atoms with Crippen LogP contribution in [0.1, 0.15) is 29.1 Å². The maximum Gasteiger partial charge on any atom is 0.262 e. The lowest BCUT2D eigenvalue weighted by atomic mass is 9.87. The van der Waals surface area contributed by atoms with Crippen molar-refractivity contribution in [1.29, 1.82) is 0 Å². The Morgan fingerprint density at radius 3 is 2.57 bits per heavy atom. The molecule has 5 heteroatoms. The van der Waals surface area contributed by atoms with Crippen LogP contribution in [0.3, 0.4) is 0 Å². The number of hydrogen-bond acceptors (Lipinski definition) is 3. The normalized spacial score (nSPS) is 21.0. The summed E-state index contributed by atoms with van der Waals surface area (Å²) in [5.74, 6) is 0.418. The monoisotopic (exact) mass is 371 g/mol. The number of carbonyl (C=O) groups is 1. The van der Waals surface area contributed by atoms with Gasteiger partial charge >= 0.3 is 0 Å². The van der Waals surface area contributed by atoms with Gasteiger partial charge in [-0.25, -0.2) is 4.98 Å². The van der Waals surface area contributed by atoms with Crippen LogP contribution in [0.2, 0.25) is 0 Å². The number of rotatable bonds is 3. The molecule has 0 saturated carbocycles. The van der Waals surface area contributed by atoms with E-state index in [1.54, 1.807) is 22.8 Å². The summed E-state index contributed by atoms with van der Waals surface area (Å²) in [4.78, 5) is 30.7. The third kappa shape index (κ3) is 3.05. The van der Waals surface area contributed by atoms with Crippen molar-refractivity contribution < 1.29 is 4.79 Å². The SMILES string of the molecule is Cc1nc2ccccc2c(=O)n1C1C=CC=CC1(C)NC(=O)c1ccccc1. The van der Waals surface area contributed by atoms with Crippen molar-refractivity contribution in [3.8, 4) is 0 Å². The van der Waals surface area contributed by atoms with Crippen molar-refractivity contribution in [2.75, 3.05) is 0 Å². The Labute approximate surface area is 163 Å². The summed E-state index contributed by atoms with van der Waals surface area (Å²) in [6, 6.07) is 16.0. The summed E-state index contributed by atoms with van der Waals surface area (Å²) in [7, 11) is 0. The second kappa shape index (κ2) is 6.93. The maximum absolute atomic E-state index is 13.2. The predicted molar refractivity (Wildman–Crippen MR) is 110 cm³/mol. The first-order valence-corrected chi connectivity index (χ1v) is 9.21. The Hall–Kier alpha value is -3.47. The molecule has 2 atom stereocenters. The van der Waals surface area contributed by atoms with Gasteiger partial charge in [0.1, 0.15) is 5.82 Å². The van der Waals surface area contributed by atoms with E-state index >= 15 is 0 Å². The molecule has 28 heavy (non-hydrogen) atoms. The van der Waals surface area contributed by atoms with Gasteiger partial charge in [0, 0.05) is 5.56 Å². The first-order valence-electron chi connectivity index (χ1n) is 9.21. The molecule has 1 aliphatic carbocycles. The Bertz CT molecular complexity index is 1160. The van der Waals surface area contributed by atoms with E-state index in [9.17, 15) is 9.59 Å². The molecule has 0 radical (unpaired) electrons. The molecule has 4 rings (SSSR count). The molecule has 2 aromatic carbocycles. The van der Waals surface area contributed by atoms with Crippen LogP contribution in [0, 0.1) is 6.92 Å². The fraction of sp³-hybridized carbons (Fsp3) is 0.174. The molecule has 1 amide bonds. The number of aryl methyl sites for hydroxylation is 1. The largest absolute Gasteiger partial charge is 0.341 e. The summed E-state index contributed by atoms with van der Waals surface area (Å²) < 4.78 is 1.66. The molecule has 5 nitrogen and oxygen atoms in total. The van der Waals surface area contributed by atoms with Crippen LogP contribution in [0.25, 0.3) is 10.9 Å². The average Bonchev–Trinajstić information content (AvgIpc) is 2.70.